The zero-order valence-electron chi connectivity index (χ0n) is 38.0. The van der Waals surface area contributed by atoms with Crippen LogP contribution in [0, 0.1) is 0 Å². The number of para-hydroxylation sites is 3. The molecular weight excluding hydrogens is 811 g/mol. The number of rotatable bonds is 7. The molecule has 0 aliphatic rings. The van der Waals surface area contributed by atoms with Crippen LogP contribution in [0.2, 0.25) is 58.9 Å². The minimum atomic E-state index is -1.56. The van der Waals surface area contributed by atoms with Crippen molar-refractivity contribution in [2.75, 3.05) is 0 Å². The molecule has 3 aromatic heterocycles. The molecule has 0 atom stereocenters. The first-order valence-electron chi connectivity index (χ1n) is 22.5. The zero-order valence-corrected chi connectivity index (χ0v) is 41.0. The normalized spacial score (nSPS) is 12.8. The van der Waals surface area contributed by atoms with Crippen LogP contribution in [0.25, 0.3) is 93.6 Å². The largest absolute Gasteiger partial charge is 0.309 e. The van der Waals surface area contributed by atoms with Gasteiger partial charge >= 0.3 is 0 Å². The van der Waals surface area contributed by atoms with E-state index in [2.05, 4.69) is 242 Å². The predicted octanol–water partition coefficient (Wildman–Crippen LogP) is 14.3. The molecule has 310 valence electrons. The molecule has 3 heterocycles. The van der Waals surface area contributed by atoms with Gasteiger partial charge in [-0.15, -0.1) is 0 Å². The Morgan fingerprint density at radius 3 is 0.968 bits per heavy atom. The molecule has 0 unspecified atom stereocenters. The summed E-state index contributed by atoms with van der Waals surface area (Å²) in [6, 6.07) is 65.1. The molecule has 11 rings (SSSR count). The molecule has 0 bridgehead atoms. The predicted molar refractivity (Wildman–Crippen MR) is 284 cm³/mol. The lowest BCUT2D eigenvalue weighted by Crippen LogP contribution is -2.37. The minimum Gasteiger partial charge on any atom is -0.309 e. The van der Waals surface area contributed by atoms with Crippen LogP contribution in [0.5, 0.6) is 0 Å². The van der Waals surface area contributed by atoms with Crippen molar-refractivity contribution in [3.05, 3.63) is 170 Å². The van der Waals surface area contributed by atoms with E-state index in [4.69, 9.17) is 0 Å². The maximum absolute atomic E-state index is 2.51. The van der Waals surface area contributed by atoms with Gasteiger partial charge < -0.3 is 13.7 Å². The van der Waals surface area contributed by atoms with Crippen LogP contribution < -0.4 is 15.6 Å². The van der Waals surface area contributed by atoms with E-state index in [0.717, 1.165) is 17.1 Å². The molecule has 0 fully saturated rings. The highest BCUT2D eigenvalue weighted by molar-refractivity contribution is 6.89. The molecule has 0 aliphatic carbocycles. The fourth-order valence-corrected chi connectivity index (χ4v) is 13.5. The van der Waals surface area contributed by atoms with Crippen molar-refractivity contribution < 1.29 is 0 Å². The molecule has 0 N–H and O–H groups in total. The number of benzene rings is 8. The third-order valence-electron chi connectivity index (χ3n) is 13.5. The number of fused-ring (bicyclic) bond motifs is 9. The van der Waals surface area contributed by atoms with E-state index in [9.17, 15) is 0 Å². The zero-order chi connectivity index (χ0) is 43.6. The highest BCUT2D eigenvalue weighted by Crippen LogP contribution is 2.39. The lowest BCUT2D eigenvalue weighted by Gasteiger charge is -2.19. The molecule has 63 heavy (non-hydrogen) atoms. The topological polar surface area (TPSA) is 14.8 Å². The second-order valence-corrected chi connectivity index (χ2v) is 36.0. The van der Waals surface area contributed by atoms with E-state index >= 15 is 0 Å². The number of hydrogen-bond acceptors (Lipinski definition) is 0. The summed E-state index contributed by atoms with van der Waals surface area (Å²) >= 11 is 0. The van der Waals surface area contributed by atoms with Gasteiger partial charge in [0, 0.05) is 49.4 Å². The third kappa shape index (κ3) is 6.49. The second-order valence-electron chi connectivity index (χ2n) is 20.8. The Morgan fingerprint density at radius 1 is 0.254 bits per heavy atom. The Kier molecular flexibility index (Phi) is 8.91. The first-order chi connectivity index (χ1) is 30.1. The first-order valence-corrected chi connectivity index (χ1v) is 33.0. The van der Waals surface area contributed by atoms with Crippen molar-refractivity contribution in [3.63, 3.8) is 0 Å². The van der Waals surface area contributed by atoms with E-state index in [1.54, 1.807) is 0 Å². The lowest BCUT2D eigenvalue weighted by molar-refractivity contribution is 1.13. The van der Waals surface area contributed by atoms with E-state index in [0.29, 0.717) is 0 Å². The van der Waals surface area contributed by atoms with Gasteiger partial charge in [-0.25, -0.2) is 0 Å². The van der Waals surface area contributed by atoms with Crippen LogP contribution in [-0.4, -0.2) is 37.9 Å². The van der Waals surface area contributed by atoms with Crippen LogP contribution in [0.3, 0.4) is 0 Å². The molecular formula is C57H55N3Si3. The van der Waals surface area contributed by atoms with E-state index < -0.39 is 24.2 Å². The van der Waals surface area contributed by atoms with Crippen molar-refractivity contribution in [2.45, 2.75) is 58.9 Å². The Morgan fingerprint density at radius 2 is 0.587 bits per heavy atom. The molecule has 11 aromatic rings. The Balaban J connectivity index is 1.19. The van der Waals surface area contributed by atoms with Gasteiger partial charge in [-0.1, -0.05) is 178 Å². The van der Waals surface area contributed by atoms with Crippen LogP contribution in [-0.2, 0) is 0 Å². The van der Waals surface area contributed by atoms with Crippen LogP contribution in [0.1, 0.15) is 0 Å². The number of hydrogen-bond donors (Lipinski definition) is 0. The highest BCUT2D eigenvalue weighted by atomic mass is 28.3. The van der Waals surface area contributed by atoms with Gasteiger partial charge in [-0.3, -0.25) is 0 Å². The average molecular weight is 866 g/mol. The van der Waals surface area contributed by atoms with Crippen LogP contribution in [0.15, 0.2) is 170 Å². The molecule has 0 radical (unpaired) electrons. The summed E-state index contributed by atoms with van der Waals surface area (Å²) in [5.74, 6) is 0. The third-order valence-corrected chi connectivity index (χ3v) is 19.6. The van der Waals surface area contributed by atoms with E-state index in [1.165, 1.54) is 92.1 Å². The second kappa shape index (κ2) is 14.2. The summed E-state index contributed by atoms with van der Waals surface area (Å²) in [7, 11) is -4.64. The van der Waals surface area contributed by atoms with E-state index in [1.807, 2.05) is 0 Å². The van der Waals surface area contributed by atoms with Gasteiger partial charge in [0.1, 0.15) is 0 Å². The molecule has 3 nitrogen and oxygen atoms in total. The van der Waals surface area contributed by atoms with Gasteiger partial charge in [0.15, 0.2) is 0 Å². The number of nitrogens with zero attached hydrogens (tertiary/aromatic N) is 3. The Bertz CT molecular complexity index is 3490. The first kappa shape index (κ1) is 39.6. The molecule has 0 saturated heterocycles. The maximum atomic E-state index is 2.51. The van der Waals surface area contributed by atoms with Gasteiger partial charge in [0.2, 0.25) is 0 Å². The average Bonchev–Trinajstić information content (AvgIpc) is 3.90. The summed E-state index contributed by atoms with van der Waals surface area (Å²) in [6.07, 6.45) is 0. The molecule has 0 spiro atoms. The fourth-order valence-electron chi connectivity index (χ4n) is 10.00. The molecule has 0 saturated carbocycles. The van der Waals surface area contributed by atoms with Gasteiger partial charge in [-0.2, -0.15) is 0 Å². The van der Waals surface area contributed by atoms with Gasteiger partial charge in [-0.05, 0) is 77.9 Å². The Labute approximate surface area is 373 Å². The standard InChI is InChI=1S/C57H55N3Si3/c1-61(2,3)43-25-28-55-49(35-43)46-19-10-13-22-52(46)58(55)40-18-16-17-38(31-40)39-32-41(59-53-23-14-11-20-47(53)50-36-44(62(4,5)6)26-29-56(50)59)34-42(33-39)60-54-24-15-12-21-48(54)51-37-45(63(7,8)9)27-30-57(51)60/h10-37H,1-9H3. The number of aromatic nitrogens is 3. The summed E-state index contributed by atoms with van der Waals surface area (Å²) in [5.41, 5.74) is 13.2. The van der Waals surface area contributed by atoms with Gasteiger partial charge in [0.05, 0.1) is 57.3 Å². The Hall–Kier alpha value is -6.19. The van der Waals surface area contributed by atoms with E-state index in [-0.39, 0.29) is 0 Å². The minimum absolute atomic E-state index is 1.15. The smallest absolute Gasteiger partial charge is 0.0776 e. The van der Waals surface area contributed by atoms with Crippen molar-refractivity contribution in [1.29, 1.82) is 0 Å². The SMILES string of the molecule is C[Si](C)(C)c1ccc2c(c1)c1ccccc1n2-c1cccc(-c2cc(-n3c4ccccc4c4cc([Si](C)(C)C)ccc43)cc(-n3c4ccccc4c4cc([Si](C)(C)C)ccc43)c2)c1. The monoisotopic (exact) mass is 865 g/mol. The van der Waals surface area contributed by atoms with Crippen molar-refractivity contribution in [2.24, 2.45) is 0 Å². The molecule has 6 heteroatoms. The molecule has 0 amide bonds. The van der Waals surface area contributed by atoms with Gasteiger partial charge in [0.25, 0.3) is 0 Å². The maximum Gasteiger partial charge on any atom is 0.0776 e. The van der Waals surface area contributed by atoms with Crippen molar-refractivity contribution in [1.82, 2.24) is 13.7 Å². The quantitative estimate of drug-likeness (QED) is 0.142. The highest BCUT2D eigenvalue weighted by Gasteiger charge is 2.24. The summed E-state index contributed by atoms with van der Waals surface area (Å²) in [4.78, 5) is 0. The fraction of sp³-hybridized carbons (Fsp3) is 0.158. The summed E-state index contributed by atoms with van der Waals surface area (Å²) in [5, 5.41) is 12.3. The summed E-state index contributed by atoms with van der Waals surface area (Å²) in [6.45, 7) is 22.0. The molecule has 8 aromatic carbocycles. The summed E-state index contributed by atoms with van der Waals surface area (Å²) < 4.78 is 7.49. The van der Waals surface area contributed by atoms with Crippen LogP contribution in [0.4, 0.5) is 0 Å². The lowest BCUT2D eigenvalue weighted by atomic mass is 10.0. The van der Waals surface area contributed by atoms with Crippen molar-refractivity contribution >= 4 is 105 Å². The van der Waals surface area contributed by atoms with Crippen LogP contribution >= 0.6 is 0 Å². The molecule has 0 aliphatic heterocycles. The van der Waals surface area contributed by atoms with Crippen molar-refractivity contribution in [3.8, 4) is 28.2 Å².